The number of benzene rings is 2. The molecule has 1 aliphatic rings. The normalized spacial score (nSPS) is 14.0. The largest absolute Gasteiger partial charge is 0.416 e. The monoisotopic (exact) mass is 420 g/mol. The second-order valence-corrected chi connectivity index (χ2v) is 6.94. The Hall–Kier alpha value is -2.71. The van der Waals surface area contributed by atoms with Gasteiger partial charge in [0.15, 0.2) is 0 Å². The highest BCUT2D eigenvalue weighted by Gasteiger charge is 2.31. The van der Waals surface area contributed by atoms with Crippen molar-refractivity contribution in [3.05, 3.63) is 64.2 Å². The molecule has 0 aromatic heterocycles. The minimum absolute atomic E-state index is 0.166. The molecule has 1 aliphatic heterocycles. The molecule has 1 N–H and O–H groups in total. The molecule has 0 aliphatic carbocycles. The lowest BCUT2D eigenvalue weighted by atomic mass is 9.92. The third kappa shape index (κ3) is 5.06. The first-order valence-corrected chi connectivity index (χ1v) is 9.49. The first-order chi connectivity index (χ1) is 14.3. The lowest BCUT2D eigenvalue weighted by molar-refractivity contribution is -0.137. The lowest BCUT2D eigenvalue weighted by Gasteiger charge is -2.17. The first-order valence-electron chi connectivity index (χ1n) is 9.49. The van der Waals surface area contributed by atoms with Gasteiger partial charge in [0, 0.05) is 25.3 Å². The van der Waals surface area contributed by atoms with E-state index in [1.807, 2.05) is 12.1 Å². The summed E-state index contributed by atoms with van der Waals surface area (Å²) in [7, 11) is 3.21. The Kier molecular flexibility index (Phi) is 6.89. The van der Waals surface area contributed by atoms with E-state index in [9.17, 15) is 18.0 Å². The van der Waals surface area contributed by atoms with Gasteiger partial charge < -0.3 is 14.8 Å². The number of rotatable bonds is 7. The summed E-state index contributed by atoms with van der Waals surface area (Å²) in [5.41, 5.74) is 2.98. The summed E-state index contributed by atoms with van der Waals surface area (Å²) in [6.45, 7) is 0.823. The molecule has 2 aromatic carbocycles. The van der Waals surface area contributed by atoms with Gasteiger partial charge in [-0.15, -0.1) is 0 Å². The summed E-state index contributed by atoms with van der Waals surface area (Å²) in [4.78, 5) is 16.5. The van der Waals surface area contributed by atoms with E-state index < -0.39 is 11.7 Å². The van der Waals surface area contributed by atoms with Crippen molar-refractivity contribution in [3.63, 3.8) is 0 Å². The fourth-order valence-corrected chi connectivity index (χ4v) is 3.39. The van der Waals surface area contributed by atoms with Crippen LogP contribution in [0.25, 0.3) is 0 Å². The van der Waals surface area contributed by atoms with Crippen LogP contribution in [0.2, 0.25) is 0 Å². The predicted molar refractivity (Wildman–Crippen MR) is 108 cm³/mol. The molecule has 30 heavy (non-hydrogen) atoms. The fourth-order valence-electron chi connectivity index (χ4n) is 3.39. The number of hydrogen-bond acceptors (Lipinski definition) is 4. The van der Waals surface area contributed by atoms with Crippen molar-refractivity contribution >= 4 is 17.3 Å². The van der Waals surface area contributed by atoms with Crippen LogP contribution in [0.4, 0.5) is 18.9 Å². The molecular formula is C22H23F3N2O3. The molecule has 0 saturated heterocycles. The zero-order valence-corrected chi connectivity index (χ0v) is 16.8. The van der Waals surface area contributed by atoms with Crippen LogP contribution in [0.1, 0.15) is 27.8 Å². The van der Waals surface area contributed by atoms with E-state index in [4.69, 9.17) is 9.47 Å². The Morgan fingerprint density at radius 2 is 1.70 bits per heavy atom. The molecule has 1 heterocycles. The van der Waals surface area contributed by atoms with Gasteiger partial charge in [-0.2, -0.15) is 13.2 Å². The third-order valence-electron chi connectivity index (χ3n) is 4.86. The molecule has 1 amide bonds. The van der Waals surface area contributed by atoms with Crippen LogP contribution >= 0.6 is 0 Å². The van der Waals surface area contributed by atoms with Crippen molar-refractivity contribution in [3.8, 4) is 0 Å². The Bertz CT molecular complexity index is 955. The number of aliphatic imine (C=N–C) groups is 1. The summed E-state index contributed by atoms with van der Waals surface area (Å²) in [6, 6.07) is 8.73. The van der Waals surface area contributed by atoms with Gasteiger partial charge in [0.1, 0.15) is 6.54 Å². The van der Waals surface area contributed by atoms with E-state index in [1.54, 1.807) is 20.3 Å². The number of nitrogens with one attached hydrogen (secondary N) is 1. The standard InChI is InChI=1S/C22H23F3N2O3/c1-29-8-6-14-11-18-19(12-15(14)7-9-30-2)27-20(28)13-26-21(18)16-4-3-5-17(10-16)22(23,24)25/h3-5,10-12H,6-9,13H2,1-2H3,(H,27,28). The average molecular weight is 420 g/mol. The number of ether oxygens (including phenoxy) is 2. The SMILES string of the molecule is COCCc1cc2c(cc1CCOC)C(c1cccc(C(F)(F)F)c1)=NCC(=O)N2. The van der Waals surface area contributed by atoms with Crippen molar-refractivity contribution < 1.29 is 27.4 Å². The maximum Gasteiger partial charge on any atom is 0.416 e. The molecule has 3 rings (SSSR count). The quantitative estimate of drug-likeness (QED) is 0.740. The van der Waals surface area contributed by atoms with Crippen molar-refractivity contribution in [2.75, 3.05) is 39.3 Å². The lowest BCUT2D eigenvalue weighted by Crippen LogP contribution is -2.15. The molecule has 0 fully saturated rings. The number of amides is 1. The summed E-state index contributed by atoms with van der Waals surface area (Å²) in [5, 5.41) is 2.82. The topological polar surface area (TPSA) is 59.9 Å². The number of halogens is 3. The number of alkyl halides is 3. The molecule has 8 heteroatoms. The minimum atomic E-state index is -4.47. The molecule has 0 unspecified atom stereocenters. The van der Waals surface area contributed by atoms with Crippen molar-refractivity contribution in [2.24, 2.45) is 4.99 Å². The third-order valence-corrected chi connectivity index (χ3v) is 4.86. The molecule has 160 valence electrons. The smallest absolute Gasteiger partial charge is 0.384 e. The highest BCUT2D eigenvalue weighted by molar-refractivity contribution is 6.19. The van der Waals surface area contributed by atoms with E-state index >= 15 is 0 Å². The van der Waals surface area contributed by atoms with Gasteiger partial charge in [-0.1, -0.05) is 12.1 Å². The number of fused-ring (bicyclic) bond motifs is 1. The Labute approximate surface area is 172 Å². The van der Waals surface area contributed by atoms with Crippen molar-refractivity contribution in [2.45, 2.75) is 19.0 Å². The molecule has 0 atom stereocenters. The van der Waals surface area contributed by atoms with Gasteiger partial charge in [0.25, 0.3) is 0 Å². The van der Waals surface area contributed by atoms with E-state index in [-0.39, 0.29) is 12.5 Å². The van der Waals surface area contributed by atoms with Gasteiger partial charge in [-0.3, -0.25) is 9.79 Å². The number of carbonyl (C=O) groups excluding carboxylic acids is 1. The molecule has 2 aromatic rings. The van der Waals surface area contributed by atoms with E-state index in [1.165, 1.54) is 6.07 Å². The van der Waals surface area contributed by atoms with Crippen LogP contribution in [-0.4, -0.2) is 45.6 Å². The van der Waals surface area contributed by atoms with Crippen LogP contribution < -0.4 is 5.32 Å². The Morgan fingerprint density at radius 3 is 2.33 bits per heavy atom. The van der Waals surface area contributed by atoms with E-state index in [0.29, 0.717) is 48.6 Å². The molecule has 0 saturated carbocycles. The predicted octanol–water partition coefficient (Wildman–Crippen LogP) is 3.87. The van der Waals surface area contributed by atoms with Gasteiger partial charge in [0.05, 0.1) is 30.2 Å². The van der Waals surface area contributed by atoms with Crippen LogP contribution in [0.5, 0.6) is 0 Å². The van der Waals surface area contributed by atoms with Crippen molar-refractivity contribution in [1.29, 1.82) is 0 Å². The number of benzodiazepines with no additional fused rings is 1. The maximum absolute atomic E-state index is 13.2. The van der Waals surface area contributed by atoms with Gasteiger partial charge in [0.2, 0.25) is 5.91 Å². The fraction of sp³-hybridized carbons (Fsp3) is 0.364. The number of anilines is 1. The molecule has 0 radical (unpaired) electrons. The summed E-state index contributed by atoms with van der Waals surface area (Å²) < 4.78 is 50.0. The zero-order valence-electron chi connectivity index (χ0n) is 16.8. The zero-order chi connectivity index (χ0) is 21.7. The van der Waals surface area contributed by atoms with Crippen LogP contribution in [-0.2, 0) is 33.3 Å². The minimum Gasteiger partial charge on any atom is -0.384 e. The van der Waals surface area contributed by atoms with Gasteiger partial charge in [-0.25, -0.2) is 0 Å². The number of carbonyl (C=O) groups is 1. The van der Waals surface area contributed by atoms with Crippen molar-refractivity contribution in [1.82, 2.24) is 0 Å². The number of nitrogens with zero attached hydrogens (tertiary/aromatic N) is 1. The summed E-state index contributed by atoms with van der Waals surface area (Å²) in [5.74, 6) is -0.319. The highest BCUT2D eigenvalue weighted by atomic mass is 19.4. The Morgan fingerprint density at radius 1 is 1.03 bits per heavy atom. The number of methoxy groups -OCH3 is 2. The van der Waals surface area contributed by atoms with E-state index in [0.717, 1.165) is 23.3 Å². The van der Waals surface area contributed by atoms with Crippen LogP contribution in [0.15, 0.2) is 41.4 Å². The number of hydrogen-bond donors (Lipinski definition) is 1. The first kappa shape index (κ1) is 22.0. The molecular weight excluding hydrogens is 397 g/mol. The van der Waals surface area contributed by atoms with Crippen LogP contribution in [0, 0.1) is 0 Å². The molecule has 5 nitrogen and oxygen atoms in total. The van der Waals surface area contributed by atoms with Gasteiger partial charge >= 0.3 is 6.18 Å². The molecule has 0 spiro atoms. The maximum atomic E-state index is 13.2. The highest BCUT2D eigenvalue weighted by Crippen LogP contribution is 2.32. The average Bonchev–Trinajstić information content (AvgIpc) is 2.87. The second-order valence-electron chi connectivity index (χ2n) is 6.94. The van der Waals surface area contributed by atoms with Gasteiger partial charge in [-0.05, 0) is 48.2 Å². The summed E-state index contributed by atoms with van der Waals surface area (Å²) >= 11 is 0. The molecule has 0 bridgehead atoms. The van der Waals surface area contributed by atoms with Crippen LogP contribution in [0.3, 0.4) is 0 Å². The van der Waals surface area contributed by atoms with E-state index in [2.05, 4.69) is 10.3 Å². The summed E-state index contributed by atoms with van der Waals surface area (Å²) in [6.07, 6.45) is -3.22. The second kappa shape index (κ2) is 9.40. The Balaban J connectivity index is 2.13.